The van der Waals surface area contributed by atoms with Crippen molar-refractivity contribution >= 4 is 21.9 Å². The molecule has 4 fully saturated rings. The second-order valence-corrected chi connectivity index (χ2v) is 21.7. The molecule has 2 bridgehead atoms. The molecule has 0 aromatic carbocycles. The van der Waals surface area contributed by atoms with Crippen molar-refractivity contribution in [2.75, 3.05) is 19.8 Å². The van der Waals surface area contributed by atoms with Gasteiger partial charge in [-0.2, -0.15) is 5.10 Å². The van der Waals surface area contributed by atoms with Crippen LogP contribution in [0.15, 0.2) is 40.9 Å². The van der Waals surface area contributed by atoms with E-state index in [4.69, 9.17) is 25.3 Å². The average molecular weight is 809 g/mol. The zero-order valence-electron chi connectivity index (χ0n) is 34.7. The normalized spacial score (nSPS) is 40.9. The molecule has 4 aliphatic carbocycles. The van der Waals surface area contributed by atoms with E-state index in [0.29, 0.717) is 37.6 Å². The van der Waals surface area contributed by atoms with E-state index in [1.54, 1.807) is 12.5 Å². The maximum atomic E-state index is 13.6. The number of hydrogen-bond acceptors (Lipinski definition) is 7. The van der Waals surface area contributed by atoms with Crippen LogP contribution in [0.3, 0.4) is 0 Å². The van der Waals surface area contributed by atoms with Crippen molar-refractivity contribution in [3.05, 3.63) is 40.9 Å². The van der Waals surface area contributed by atoms with E-state index in [1.165, 1.54) is 5.57 Å². The van der Waals surface area contributed by atoms with Crippen molar-refractivity contribution in [2.24, 2.45) is 67.8 Å². The van der Waals surface area contributed by atoms with Crippen LogP contribution in [0.25, 0.3) is 11.4 Å². The highest BCUT2D eigenvalue weighted by Crippen LogP contribution is 2.75. The molecule has 0 amide bonds. The number of halogens is 1. The molecule has 12 atom stereocenters. The van der Waals surface area contributed by atoms with Gasteiger partial charge < -0.3 is 20.3 Å². The number of carbonyl (C=O) groups is 1. The number of rotatable bonds is 8. The molecule has 3 N–H and O–H groups in total. The standard InChI is InChI=1S/C44H66BrN5O4/c1-26(2)27(3)39(7)17-18-41(9)29-12-13-32-40(8)22-53-24-44(32,30(29)14-16-42(41,10)34(39)37(51)52)21-31(35(40)54-23-43(11,46)38(4,5)6)50-36(48-25-49-50)28-15-19-47-33(45)20-28/h14-15,19-20,25-27,29,31-32,34-35H,12-13,16-18,21-24,46H2,1-11H3,(H,51,52)/t27-,29+,31-,32+,34-,35+,39-,40-,41-,42+,43+,44+/m1/s1. The Morgan fingerprint density at radius 1 is 1.09 bits per heavy atom. The summed E-state index contributed by atoms with van der Waals surface area (Å²) in [4.78, 5) is 22.8. The Hall–Kier alpha value is -2.14. The molecule has 0 unspecified atom stereocenters. The fraction of sp³-hybridized carbons (Fsp3) is 0.773. The highest BCUT2D eigenvalue weighted by Gasteiger charge is 2.72. The maximum Gasteiger partial charge on any atom is 0.307 e. The van der Waals surface area contributed by atoms with Crippen LogP contribution >= 0.6 is 15.9 Å². The smallest absolute Gasteiger partial charge is 0.307 e. The predicted molar refractivity (Wildman–Crippen MR) is 215 cm³/mol. The Morgan fingerprint density at radius 3 is 2.46 bits per heavy atom. The molecule has 9 nitrogen and oxygen atoms in total. The van der Waals surface area contributed by atoms with Crippen LogP contribution in [0, 0.1) is 62.1 Å². The Bertz CT molecular complexity index is 1800. The molecule has 0 radical (unpaired) electrons. The molecule has 54 heavy (non-hydrogen) atoms. The molecule has 3 heterocycles. The third kappa shape index (κ3) is 5.67. The monoisotopic (exact) mass is 807 g/mol. The summed E-state index contributed by atoms with van der Waals surface area (Å²) in [6, 6.07) is 3.86. The average Bonchev–Trinajstić information content (AvgIpc) is 3.57. The summed E-state index contributed by atoms with van der Waals surface area (Å²) in [6.07, 6.45) is 11.4. The van der Waals surface area contributed by atoms with Crippen LogP contribution in [-0.4, -0.2) is 62.3 Å². The number of pyridine rings is 1. The summed E-state index contributed by atoms with van der Waals surface area (Å²) in [6.45, 7) is 26.6. The quantitative estimate of drug-likeness (QED) is 0.200. The summed E-state index contributed by atoms with van der Waals surface area (Å²) in [5.41, 5.74) is 7.35. The van der Waals surface area contributed by atoms with Gasteiger partial charge in [-0.15, -0.1) is 0 Å². The van der Waals surface area contributed by atoms with Crippen LogP contribution in [0.1, 0.15) is 121 Å². The van der Waals surface area contributed by atoms with Crippen molar-refractivity contribution in [1.82, 2.24) is 19.7 Å². The number of carboxylic acid groups (broad SMARTS) is 1. The zero-order valence-corrected chi connectivity index (χ0v) is 36.3. The molecule has 10 heteroatoms. The third-order valence-electron chi connectivity index (χ3n) is 17.2. The molecule has 2 aromatic heterocycles. The first kappa shape index (κ1) is 40.1. The van der Waals surface area contributed by atoms with Crippen molar-refractivity contribution in [2.45, 2.75) is 132 Å². The number of ether oxygens (including phenoxy) is 2. The largest absolute Gasteiger partial charge is 0.481 e. The van der Waals surface area contributed by atoms with Gasteiger partial charge in [-0.05, 0) is 119 Å². The van der Waals surface area contributed by atoms with Gasteiger partial charge in [0.1, 0.15) is 10.9 Å². The van der Waals surface area contributed by atoms with Crippen molar-refractivity contribution in [3.63, 3.8) is 0 Å². The summed E-state index contributed by atoms with van der Waals surface area (Å²) >= 11 is 3.58. The lowest BCUT2D eigenvalue weighted by atomic mass is 9.34. The number of nitrogens with zero attached hydrogens (tertiary/aromatic N) is 4. The highest BCUT2D eigenvalue weighted by atomic mass is 79.9. The van der Waals surface area contributed by atoms with Crippen LogP contribution in [0.4, 0.5) is 0 Å². The number of aliphatic carboxylic acids is 1. The summed E-state index contributed by atoms with van der Waals surface area (Å²) in [5, 5.41) is 16.1. The second-order valence-electron chi connectivity index (χ2n) is 20.9. The predicted octanol–water partition coefficient (Wildman–Crippen LogP) is 9.38. The molecule has 1 saturated heterocycles. The Labute approximate surface area is 332 Å². The van der Waals surface area contributed by atoms with Crippen LogP contribution < -0.4 is 5.73 Å². The zero-order chi connectivity index (χ0) is 39.4. The van der Waals surface area contributed by atoms with E-state index in [-0.39, 0.29) is 50.6 Å². The molecule has 7 rings (SSSR count). The van der Waals surface area contributed by atoms with Gasteiger partial charge in [0.15, 0.2) is 5.82 Å². The number of nitrogens with two attached hydrogens (primary N) is 1. The first-order chi connectivity index (χ1) is 25.1. The van der Waals surface area contributed by atoms with E-state index in [1.807, 2.05) is 12.1 Å². The number of carboxylic acids is 1. The summed E-state index contributed by atoms with van der Waals surface area (Å²) < 4.78 is 16.9. The lowest BCUT2D eigenvalue weighted by molar-refractivity contribution is -0.253. The first-order valence-electron chi connectivity index (χ1n) is 20.5. The van der Waals surface area contributed by atoms with Gasteiger partial charge in [-0.25, -0.2) is 14.6 Å². The minimum absolute atomic E-state index is 0.135. The fourth-order valence-electron chi connectivity index (χ4n) is 12.8. The Balaban J connectivity index is 1.36. The maximum absolute atomic E-state index is 13.6. The van der Waals surface area contributed by atoms with Crippen LogP contribution in [0.5, 0.6) is 0 Å². The number of fused-ring (bicyclic) bond motifs is 3. The third-order valence-corrected chi connectivity index (χ3v) is 17.7. The fourth-order valence-corrected chi connectivity index (χ4v) is 13.2. The van der Waals surface area contributed by atoms with E-state index in [9.17, 15) is 9.90 Å². The highest BCUT2D eigenvalue weighted by molar-refractivity contribution is 9.10. The topological polar surface area (TPSA) is 125 Å². The Kier molecular flexibility index (Phi) is 9.80. The number of hydrogen-bond donors (Lipinski definition) is 2. The van der Waals surface area contributed by atoms with Crippen molar-refractivity contribution in [1.29, 1.82) is 0 Å². The van der Waals surface area contributed by atoms with Crippen LogP contribution in [-0.2, 0) is 14.3 Å². The van der Waals surface area contributed by atoms with E-state index in [2.05, 4.69) is 108 Å². The lowest BCUT2D eigenvalue weighted by Crippen LogP contribution is -2.69. The lowest BCUT2D eigenvalue weighted by Gasteiger charge is -2.71. The Morgan fingerprint density at radius 2 is 1.81 bits per heavy atom. The molecule has 5 aliphatic rings. The second kappa shape index (κ2) is 13.2. The number of allylic oxidation sites excluding steroid dienone is 1. The van der Waals surface area contributed by atoms with Gasteiger partial charge in [-0.1, -0.05) is 80.9 Å². The van der Waals surface area contributed by atoms with Gasteiger partial charge in [0.05, 0.1) is 37.9 Å². The molecular weight excluding hydrogens is 742 g/mol. The summed E-state index contributed by atoms with van der Waals surface area (Å²) in [5.74, 6) is 1.06. The molecule has 0 spiro atoms. The van der Waals surface area contributed by atoms with Gasteiger partial charge in [-0.3, -0.25) is 4.79 Å². The molecule has 2 aromatic rings. The molecule has 1 aliphatic heterocycles. The molecule has 3 saturated carbocycles. The van der Waals surface area contributed by atoms with Gasteiger partial charge >= 0.3 is 5.97 Å². The first-order valence-corrected chi connectivity index (χ1v) is 21.3. The van der Waals surface area contributed by atoms with E-state index >= 15 is 0 Å². The van der Waals surface area contributed by atoms with Crippen molar-refractivity contribution < 1.29 is 19.4 Å². The minimum atomic E-state index is -0.628. The van der Waals surface area contributed by atoms with Crippen molar-refractivity contribution in [3.8, 4) is 11.4 Å². The minimum Gasteiger partial charge on any atom is -0.481 e. The molecular formula is C44H66BrN5O4. The van der Waals surface area contributed by atoms with E-state index < -0.39 is 17.4 Å². The van der Waals surface area contributed by atoms with E-state index in [0.717, 1.165) is 54.5 Å². The summed E-state index contributed by atoms with van der Waals surface area (Å²) in [7, 11) is 0. The van der Waals surface area contributed by atoms with Crippen LogP contribution in [0.2, 0.25) is 0 Å². The SMILES string of the molecule is CC(C)[C@@H](C)[C@@]1(C)CC[C@]2(C)[C@H]3CC[C@@H]4[C@@]5(COC[C@@]4(C)[C@@H](OC[C@](C)(N)C(C)(C)C)[C@H](n4ncnc4-c4ccnc(Br)c4)C5)C3=CC[C@@]2(C)[C@@H]1C(=O)O. The number of aromatic nitrogens is 4. The van der Waals surface area contributed by atoms with Gasteiger partial charge in [0, 0.05) is 28.1 Å². The molecule has 298 valence electrons. The van der Waals surface area contributed by atoms with Gasteiger partial charge in [0.25, 0.3) is 0 Å². The van der Waals surface area contributed by atoms with Gasteiger partial charge in [0.2, 0.25) is 0 Å².